The van der Waals surface area contributed by atoms with E-state index in [0.717, 1.165) is 103 Å². The highest BCUT2D eigenvalue weighted by Crippen LogP contribution is 2.20. The maximum atomic E-state index is 12.7. The van der Waals surface area contributed by atoms with Gasteiger partial charge >= 0.3 is 11.9 Å². The van der Waals surface area contributed by atoms with Gasteiger partial charge in [0, 0.05) is 13.0 Å². The molecule has 0 aromatic carbocycles. The minimum absolute atomic E-state index is 0.0379. The van der Waals surface area contributed by atoms with Crippen LogP contribution in [0.5, 0.6) is 0 Å². The Morgan fingerprint density at radius 3 is 1.74 bits per heavy atom. The Bertz CT molecular complexity index is 592. The molecule has 0 saturated carbocycles. The van der Waals surface area contributed by atoms with Crippen LogP contribution < -0.4 is 0 Å². The molecule has 1 atom stereocenters. The monoisotopic (exact) mass is 709 g/mol. The highest BCUT2D eigenvalue weighted by Gasteiger charge is 2.19. The van der Waals surface area contributed by atoms with E-state index in [1.807, 2.05) is 0 Å². The second kappa shape index (κ2) is 33.5. The summed E-state index contributed by atoms with van der Waals surface area (Å²) in [6, 6.07) is 0. The van der Waals surface area contributed by atoms with Crippen LogP contribution in [0.15, 0.2) is 0 Å². The zero-order valence-electron chi connectivity index (χ0n) is 27.7. The molecule has 42 heavy (non-hydrogen) atoms. The summed E-state index contributed by atoms with van der Waals surface area (Å²) in [5.74, 6) is 0.0916. The highest BCUT2D eigenvalue weighted by atomic mass is 127. The third kappa shape index (κ3) is 28.4. The van der Waals surface area contributed by atoms with Crippen LogP contribution in [0.3, 0.4) is 0 Å². The predicted octanol–water partition coefficient (Wildman–Crippen LogP) is 9.43. The lowest BCUT2D eigenvalue weighted by Crippen LogP contribution is -2.29. The van der Waals surface area contributed by atoms with E-state index in [4.69, 9.17) is 9.47 Å². The molecule has 0 aliphatic rings. The van der Waals surface area contributed by atoms with Gasteiger partial charge in [0.1, 0.15) is 0 Å². The van der Waals surface area contributed by atoms with Crippen molar-refractivity contribution in [3.05, 3.63) is 0 Å². The summed E-state index contributed by atoms with van der Waals surface area (Å²) in [5, 5.41) is 9.45. The van der Waals surface area contributed by atoms with E-state index in [2.05, 4.69) is 41.3 Å². The number of hydrogen-bond acceptors (Lipinski definition) is 6. The van der Waals surface area contributed by atoms with Crippen molar-refractivity contribution >= 4 is 34.5 Å². The fraction of sp³-hybridized carbons (Fsp3) is 0.943. The Kier molecular flexibility index (Phi) is 33.2. The molecule has 0 bridgehead atoms. The van der Waals surface area contributed by atoms with Gasteiger partial charge in [0.15, 0.2) is 0 Å². The molecule has 250 valence electrons. The quantitative estimate of drug-likeness (QED) is 0.0317. The van der Waals surface area contributed by atoms with Gasteiger partial charge in [-0.3, -0.25) is 9.59 Å². The molecule has 0 spiro atoms. The van der Waals surface area contributed by atoms with Crippen molar-refractivity contribution in [2.24, 2.45) is 5.92 Å². The molecule has 0 rings (SSSR count). The average Bonchev–Trinajstić information content (AvgIpc) is 2.98. The molecule has 0 fully saturated rings. The average molecular weight is 710 g/mol. The Balaban J connectivity index is 3.83. The first-order valence-electron chi connectivity index (χ1n) is 17.8. The number of unbranched alkanes of at least 4 members (excludes halogenated alkanes) is 15. The molecule has 1 unspecified atom stereocenters. The van der Waals surface area contributed by atoms with Gasteiger partial charge in [-0.1, -0.05) is 126 Å². The Morgan fingerprint density at radius 2 is 1.12 bits per heavy atom. The van der Waals surface area contributed by atoms with Crippen LogP contribution in [0.1, 0.15) is 162 Å². The van der Waals surface area contributed by atoms with E-state index in [1.54, 1.807) is 0 Å². The number of rotatable bonds is 33. The number of aliphatic hydroxyl groups excluding tert-OH is 1. The number of carbonyl (C=O) groups excluding carboxylic acids is 2. The van der Waals surface area contributed by atoms with Crippen LogP contribution in [0, 0.1) is 5.92 Å². The molecule has 0 heterocycles. The first-order chi connectivity index (χ1) is 20.6. The predicted molar refractivity (Wildman–Crippen MR) is 185 cm³/mol. The zero-order valence-corrected chi connectivity index (χ0v) is 29.9. The lowest BCUT2D eigenvalue weighted by molar-refractivity contribution is -0.149. The molecule has 7 heteroatoms. The van der Waals surface area contributed by atoms with Crippen LogP contribution in [-0.2, 0) is 19.1 Å². The van der Waals surface area contributed by atoms with Crippen molar-refractivity contribution in [2.75, 3.05) is 43.9 Å². The molecule has 0 aromatic rings. The van der Waals surface area contributed by atoms with Crippen LogP contribution in [-0.4, -0.2) is 65.8 Å². The van der Waals surface area contributed by atoms with Gasteiger partial charge in [0.05, 0.1) is 25.7 Å². The number of ether oxygens (including phenoxy) is 2. The molecule has 6 nitrogen and oxygen atoms in total. The van der Waals surface area contributed by atoms with Crippen molar-refractivity contribution in [3.8, 4) is 0 Å². The Morgan fingerprint density at radius 1 is 0.619 bits per heavy atom. The minimum atomic E-state index is -0.0407. The zero-order chi connectivity index (χ0) is 30.9. The smallest absolute Gasteiger partial charge is 0.308 e. The first kappa shape index (κ1) is 41.6. The summed E-state index contributed by atoms with van der Waals surface area (Å²) < 4.78 is 12.2. The van der Waals surface area contributed by atoms with E-state index >= 15 is 0 Å². The Labute approximate surface area is 274 Å². The second-order valence-electron chi connectivity index (χ2n) is 12.0. The number of halogens is 1. The standard InChI is InChI=1S/C35H68INO5/c1-3-5-7-21-31-41-34(39)25-17-10-8-11-19-27-37(29-30-38)28-20-12-9-13-22-32-42-35(40)33(23-15-6-4-2)24-16-14-18-26-36/h33,38H,3-32H2,1-2H3. The van der Waals surface area contributed by atoms with Crippen molar-refractivity contribution in [1.82, 2.24) is 4.90 Å². The van der Waals surface area contributed by atoms with E-state index < -0.39 is 0 Å². The summed E-state index contributed by atoms with van der Waals surface area (Å²) in [4.78, 5) is 26.8. The molecule has 0 aliphatic carbocycles. The number of alkyl halides is 1. The van der Waals surface area contributed by atoms with E-state index in [-0.39, 0.29) is 24.5 Å². The third-order valence-corrected chi connectivity index (χ3v) is 8.83. The molecular formula is C35H68INO5. The summed E-state index contributed by atoms with van der Waals surface area (Å²) in [7, 11) is 0. The fourth-order valence-electron chi connectivity index (χ4n) is 5.34. The molecule has 0 saturated heterocycles. The maximum Gasteiger partial charge on any atom is 0.308 e. The normalized spacial score (nSPS) is 12.1. The largest absolute Gasteiger partial charge is 0.466 e. The van der Waals surface area contributed by atoms with Gasteiger partial charge in [0.25, 0.3) is 0 Å². The van der Waals surface area contributed by atoms with Gasteiger partial charge in [-0.2, -0.15) is 0 Å². The molecule has 1 N–H and O–H groups in total. The van der Waals surface area contributed by atoms with Gasteiger partial charge in [-0.25, -0.2) is 0 Å². The van der Waals surface area contributed by atoms with Crippen LogP contribution in [0.2, 0.25) is 0 Å². The van der Waals surface area contributed by atoms with Crippen LogP contribution in [0.4, 0.5) is 0 Å². The third-order valence-electron chi connectivity index (χ3n) is 8.07. The SMILES string of the molecule is CCCCCCOC(=O)CCCCCCCN(CCO)CCCCCCCOC(=O)C(CCCCC)CCCCCI. The lowest BCUT2D eigenvalue weighted by atomic mass is 9.95. The highest BCUT2D eigenvalue weighted by molar-refractivity contribution is 14.1. The number of aliphatic hydroxyl groups is 1. The topological polar surface area (TPSA) is 76.1 Å². The van der Waals surface area contributed by atoms with Gasteiger partial charge in [-0.15, -0.1) is 0 Å². The molecule has 0 aliphatic heterocycles. The van der Waals surface area contributed by atoms with Gasteiger partial charge < -0.3 is 19.5 Å². The van der Waals surface area contributed by atoms with Crippen LogP contribution >= 0.6 is 22.6 Å². The molecule has 0 amide bonds. The summed E-state index contributed by atoms with van der Waals surface area (Å²) >= 11 is 2.43. The molecule has 0 aromatic heterocycles. The van der Waals surface area contributed by atoms with Crippen molar-refractivity contribution < 1.29 is 24.2 Å². The fourth-order valence-corrected chi connectivity index (χ4v) is 5.88. The van der Waals surface area contributed by atoms with Crippen molar-refractivity contribution in [2.45, 2.75) is 162 Å². The Hall–Kier alpha value is -0.410. The number of carbonyl (C=O) groups is 2. The first-order valence-corrected chi connectivity index (χ1v) is 19.3. The summed E-state index contributed by atoms with van der Waals surface area (Å²) in [6.45, 7) is 8.57. The van der Waals surface area contributed by atoms with E-state index in [9.17, 15) is 14.7 Å². The van der Waals surface area contributed by atoms with Crippen molar-refractivity contribution in [3.63, 3.8) is 0 Å². The van der Waals surface area contributed by atoms with E-state index in [1.165, 1.54) is 62.2 Å². The van der Waals surface area contributed by atoms with Crippen molar-refractivity contribution in [1.29, 1.82) is 0 Å². The van der Waals surface area contributed by atoms with Gasteiger partial charge in [0.2, 0.25) is 0 Å². The van der Waals surface area contributed by atoms with Gasteiger partial charge in [-0.05, 0) is 68.9 Å². The number of esters is 2. The number of hydrogen-bond donors (Lipinski definition) is 1. The van der Waals surface area contributed by atoms with E-state index in [0.29, 0.717) is 19.6 Å². The maximum absolute atomic E-state index is 12.7. The molecule has 0 radical (unpaired) electrons. The second-order valence-corrected chi connectivity index (χ2v) is 13.1. The molecular weight excluding hydrogens is 641 g/mol. The summed E-state index contributed by atoms with van der Waals surface area (Å²) in [5.41, 5.74) is 0. The summed E-state index contributed by atoms with van der Waals surface area (Å²) in [6.07, 6.45) is 25.2. The lowest BCUT2D eigenvalue weighted by Gasteiger charge is -2.21. The minimum Gasteiger partial charge on any atom is -0.466 e. The number of nitrogens with zero attached hydrogens (tertiary/aromatic N) is 1. The van der Waals surface area contributed by atoms with Crippen LogP contribution in [0.25, 0.3) is 0 Å².